The fraction of sp³-hybridized carbons (Fsp3) is 0.561. The summed E-state index contributed by atoms with van der Waals surface area (Å²) in [6.45, 7) is 4.62. The zero-order valence-corrected chi connectivity index (χ0v) is 48.8. The van der Waals surface area contributed by atoms with E-state index in [1.54, 1.807) is 17.8 Å². The number of amides is 6. The molecular weight excluding hydrogens is 1090 g/mol. The zero-order chi connectivity index (χ0) is 59.3. The second kappa shape index (κ2) is 35.2. The third-order valence-electron chi connectivity index (χ3n) is 13.6. The highest BCUT2D eigenvalue weighted by Crippen LogP contribution is 2.42. The molecule has 2 aromatic rings. The predicted octanol–water partition coefficient (Wildman–Crippen LogP) is 4.05. The van der Waals surface area contributed by atoms with Gasteiger partial charge in [-0.2, -0.15) is 0 Å². The first kappa shape index (κ1) is 65.1. The van der Waals surface area contributed by atoms with E-state index in [1.165, 1.54) is 17.0 Å². The number of anilines is 1. The van der Waals surface area contributed by atoms with Crippen molar-refractivity contribution in [2.75, 3.05) is 152 Å². The van der Waals surface area contributed by atoms with Crippen LogP contribution in [0.2, 0.25) is 0 Å². The molecule has 0 saturated carbocycles. The van der Waals surface area contributed by atoms with Gasteiger partial charge in [0, 0.05) is 123 Å². The van der Waals surface area contributed by atoms with Crippen LogP contribution in [-0.2, 0) is 42.8 Å². The first-order chi connectivity index (χ1) is 40.2. The third kappa shape index (κ3) is 21.6. The van der Waals surface area contributed by atoms with Crippen molar-refractivity contribution in [1.82, 2.24) is 36.1 Å². The monoisotopic (exact) mass is 1170 g/mol. The van der Waals surface area contributed by atoms with Gasteiger partial charge in [-0.25, -0.2) is 14.2 Å². The number of benzene rings is 3. The number of urea groups is 1. The lowest BCUT2D eigenvalue weighted by molar-refractivity contribution is -0.132. The molecule has 1 aliphatic carbocycles. The molecule has 6 amide bonds. The standard InChI is InChI=1S/C57H79N11O14S/c1-66(2)40-10-13-44-48(36-40)82-49-37-41(67(3)4)11-14-45(49)53(44)46-35-39(9-12-43(46)56(73)74)54(72)61-17-15-52(71)68(22-26-79-30-34-81-33-29-78-25-20-62-65-58)21-16-51(70)60-19-24-77-28-32-80-31-27-76-23-18-59-50(69)8-6-5-7-42-38-47-55(83-42)64-57(75)63-47/h9-14,35-37,42,47,55H,5-8,15-34,38H2,1-4H3,(H5-,59,60,61,63,64,69,70,72,73,74,75)/p+1. The van der Waals surface area contributed by atoms with Gasteiger partial charge in [-0.15, -0.1) is 11.8 Å². The van der Waals surface area contributed by atoms with Crippen LogP contribution < -0.4 is 41.4 Å². The molecule has 0 radical (unpaired) electrons. The van der Waals surface area contributed by atoms with Gasteiger partial charge in [0.05, 0.1) is 102 Å². The summed E-state index contributed by atoms with van der Waals surface area (Å²) in [7, 11) is 7.65. The van der Waals surface area contributed by atoms with Gasteiger partial charge in [0.15, 0.2) is 0 Å². The van der Waals surface area contributed by atoms with E-state index in [9.17, 15) is 33.9 Å². The van der Waals surface area contributed by atoms with Crippen LogP contribution in [0.1, 0.15) is 65.7 Å². The summed E-state index contributed by atoms with van der Waals surface area (Å²) in [6.07, 6.45) is 4.13. The number of hydrogen-bond acceptors (Lipinski definition) is 16. The van der Waals surface area contributed by atoms with Crippen LogP contribution in [0.4, 0.5) is 10.5 Å². The second-order valence-corrected chi connectivity index (χ2v) is 21.5. The Labute approximate surface area is 487 Å². The molecule has 3 unspecified atom stereocenters. The molecule has 2 fully saturated rings. The van der Waals surface area contributed by atoms with Crippen molar-refractivity contribution in [1.29, 1.82) is 0 Å². The molecule has 452 valence electrons. The van der Waals surface area contributed by atoms with Crippen molar-refractivity contribution in [3.05, 3.63) is 81.5 Å². The number of fused-ring (bicyclic) bond motifs is 3. The molecule has 2 saturated heterocycles. The molecule has 4 aliphatic rings. The summed E-state index contributed by atoms with van der Waals surface area (Å²) in [5, 5.41) is 30.4. The van der Waals surface area contributed by atoms with Gasteiger partial charge in [-0.1, -0.05) is 11.5 Å². The number of aromatic carboxylic acids is 1. The molecule has 3 heterocycles. The average Bonchev–Trinajstić information content (AvgIpc) is 2.57. The molecule has 6 N–H and O–H groups in total. The van der Waals surface area contributed by atoms with Crippen molar-refractivity contribution in [2.45, 2.75) is 61.6 Å². The van der Waals surface area contributed by atoms with Crippen molar-refractivity contribution in [3.63, 3.8) is 0 Å². The molecule has 0 aromatic heterocycles. The first-order valence-corrected chi connectivity index (χ1v) is 29.0. The number of rotatable bonds is 39. The number of carbonyl (C=O) groups excluding carboxylic acids is 5. The van der Waals surface area contributed by atoms with Crippen molar-refractivity contribution in [2.24, 2.45) is 5.11 Å². The highest BCUT2D eigenvalue weighted by Gasteiger charge is 2.41. The summed E-state index contributed by atoms with van der Waals surface area (Å²) >= 11 is 1.80. The fourth-order valence-electron chi connectivity index (χ4n) is 9.26. The van der Waals surface area contributed by atoms with Gasteiger partial charge in [-0.3, -0.25) is 19.2 Å². The molecule has 6 rings (SSSR count). The van der Waals surface area contributed by atoms with Gasteiger partial charge >= 0.3 is 12.0 Å². The minimum atomic E-state index is -1.17. The van der Waals surface area contributed by atoms with E-state index in [1.807, 2.05) is 74.1 Å². The predicted molar refractivity (Wildman–Crippen MR) is 313 cm³/mol. The number of ether oxygens (including phenoxy) is 6. The van der Waals surface area contributed by atoms with E-state index < -0.39 is 11.9 Å². The molecular formula is C57H80N11O14S+. The zero-order valence-electron chi connectivity index (χ0n) is 48.0. The van der Waals surface area contributed by atoms with Crippen LogP contribution in [-0.4, -0.2) is 209 Å². The van der Waals surface area contributed by atoms with E-state index in [0.717, 1.165) is 36.7 Å². The van der Waals surface area contributed by atoms with Gasteiger partial charge in [0.2, 0.25) is 23.1 Å². The number of carbonyl (C=O) groups is 6. The number of carboxylic acids is 1. The molecule has 3 atom stereocenters. The number of hydrogen-bond donors (Lipinski definition) is 6. The Morgan fingerprint density at radius 1 is 0.747 bits per heavy atom. The van der Waals surface area contributed by atoms with E-state index >= 15 is 0 Å². The van der Waals surface area contributed by atoms with E-state index in [-0.39, 0.29) is 125 Å². The molecule has 83 heavy (non-hydrogen) atoms. The Balaban J connectivity index is 0.909. The van der Waals surface area contributed by atoms with Gasteiger partial charge in [0.25, 0.3) is 5.91 Å². The minimum Gasteiger partial charge on any atom is -0.478 e. The number of carboxylic acid groups (broad SMARTS) is 1. The maximum Gasteiger partial charge on any atom is 0.336 e. The Morgan fingerprint density at radius 3 is 2.06 bits per heavy atom. The Morgan fingerprint density at radius 2 is 1.41 bits per heavy atom. The van der Waals surface area contributed by atoms with Crippen molar-refractivity contribution < 1.29 is 66.7 Å². The number of nitrogens with zero attached hydrogens (tertiary/aromatic N) is 6. The maximum absolute atomic E-state index is 13.8. The smallest absolute Gasteiger partial charge is 0.336 e. The minimum absolute atomic E-state index is 0.000854. The number of azide groups is 1. The molecule has 0 bridgehead atoms. The van der Waals surface area contributed by atoms with Crippen LogP contribution >= 0.6 is 11.8 Å². The maximum atomic E-state index is 13.8. The van der Waals surface area contributed by atoms with Crippen LogP contribution in [0, 0.1) is 0 Å². The topological polar surface area (TPSA) is 310 Å². The lowest BCUT2D eigenvalue weighted by atomic mass is 9.89. The Bertz CT molecular complexity index is 2860. The second-order valence-electron chi connectivity index (χ2n) is 20.0. The van der Waals surface area contributed by atoms with E-state index in [4.69, 9.17) is 38.4 Å². The van der Waals surface area contributed by atoms with Gasteiger partial charge in [0.1, 0.15) is 25.4 Å². The van der Waals surface area contributed by atoms with E-state index in [0.29, 0.717) is 97.9 Å². The van der Waals surface area contributed by atoms with Crippen LogP contribution in [0.5, 0.6) is 0 Å². The highest BCUT2D eigenvalue weighted by atomic mass is 32.2. The molecule has 3 aliphatic heterocycles. The average molecular weight is 1180 g/mol. The SMILES string of the molecule is CN(C)c1ccc2c(-c3cc(C(=O)NCCC(=O)N(CCOCCOCCOCCN=[N+]=[N-])CCC(=O)NCCOCCOCCOCCNC(=O)CCCCC4CC5NC(=O)NC5S4)ccc3C(=O)O)c3ccc(=[N+](C)C)cc-3oc2c1. The molecule has 0 spiro atoms. The van der Waals surface area contributed by atoms with Crippen molar-refractivity contribution >= 4 is 64.0 Å². The normalized spacial score (nSPS) is 15.3. The molecule has 25 nitrogen and oxygen atoms in total. The van der Waals surface area contributed by atoms with E-state index in [2.05, 4.69) is 36.6 Å². The Kier molecular flexibility index (Phi) is 27.6. The number of unbranched alkanes of at least 4 members (excludes halogenated alkanes) is 1. The first-order valence-electron chi connectivity index (χ1n) is 28.1. The van der Waals surface area contributed by atoms with Gasteiger partial charge in [-0.05, 0) is 66.8 Å². The Hall–Kier alpha value is -7.03. The highest BCUT2D eigenvalue weighted by molar-refractivity contribution is 8.00. The summed E-state index contributed by atoms with van der Waals surface area (Å²) in [4.78, 5) is 83.0. The summed E-state index contributed by atoms with van der Waals surface area (Å²) in [5.74, 6) is -1.77. The lowest BCUT2D eigenvalue weighted by Gasteiger charge is -2.23. The summed E-state index contributed by atoms with van der Waals surface area (Å²) < 4.78 is 41.7. The summed E-state index contributed by atoms with van der Waals surface area (Å²) in [5.41, 5.74) is 11.5. The van der Waals surface area contributed by atoms with Crippen LogP contribution in [0.15, 0.2) is 64.1 Å². The molecule has 26 heteroatoms. The quantitative estimate of drug-likeness (QED) is 0.00917. The molecule has 2 aromatic carbocycles. The van der Waals surface area contributed by atoms with Crippen LogP contribution in [0.25, 0.3) is 43.9 Å². The van der Waals surface area contributed by atoms with Crippen molar-refractivity contribution in [3.8, 4) is 22.5 Å². The number of nitrogens with one attached hydrogen (secondary N) is 5. The largest absolute Gasteiger partial charge is 0.478 e. The third-order valence-corrected chi connectivity index (χ3v) is 15.2. The number of thioether (sulfide) groups is 1. The fourth-order valence-corrected chi connectivity index (χ4v) is 10.8. The van der Waals surface area contributed by atoms with Crippen LogP contribution in [0.3, 0.4) is 0 Å². The lowest BCUT2D eigenvalue weighted by Crippen LogP contribution is -2.39. The summed E-state index contributed by atoms with van der Waals surface area (Å²) in [6, 6.07) is 15.9. The van der Waals surface area contributed by atoms with Gasteiger partial charge < -0.3 is 74.3 Å².